The van der Waals surface area contributed by atoms with Gasteiger partial charge in [-0.15, -0.1) is 0 Å². The zero-order valence-corrected chi connectivity index (χ0v) is 10.7. The van der Waals surface area contributed by atoms with Gasteiger partial charge in [0.1, 0.15) is 5.82 Å². The van der Waals surface area contributed by atoms with E-state index in [9.17, 15) is 9.50 Å². The molecular formula is C15H14ClFO. The van der Waals surface area contributed by atoms with Crippen LogP contribution in [0.15, 0.2) is 48.5 Å². The van der Waals surface area contributed by atoms with Gasteiger partial charge in [-0.2, -0.15) is 0 Å². The molecule has 0 saturated heterocycles. The van der Waals surface area contributed by atoms with Crippen molar-refractivity contribution in [2.75, 3.05) is 0 Å². The fraction of sp³-hybridized carbons (Fsp3) is 0.200. The van der Waals surface area contributed by atoms with E-state index in [1.807, 2.05) is 37.3 Å². The molecule has 0 fully saturated rings. The number of rotatable bonds is 3. The summed E-state index contributed by atoms with van der Waals surface area (Å²) in [6.07, 6.45) is -0.824. The van der Waals surface area contributed by atoms with Gasteiger partial charge in [0.15, 0.2) is 0 Å². The molecule has 0 bridgehead atoms. The van der Waals surface area contributed by atoms with E-state index in [-0.39, 0.29) is 5.92 Å². The van der Waals surface area contributed by atoms with E-state index in [1.165, 1.54) is 18.2 Å². The van der Waals surface area contributed by atoms with Crippen LogP contribution in [0.2, 0.25) is 5.02 Å². The van der Waals surface area contributed by atoms with Crippen molar-refractivity contribution in [3.63, 3.8) is 0 Å². The Hall–Kier alpha value is -1.38. The third kappa shape index (κ3) is 2.71. The van der Waals surface area contributed by atoms with E-state index < -0.39 is 11.9 Å². The van der Waals surface area contributed by atoms with Crippen LogP contribution in [-0.2, 0) is 0 Å². The van der Waals surface area contributed by atoms with Crippen molar-refractivity contribution < 1.29 is 9.50 Å². The fourth-order valence-corrected chi connectivity index (χ4v) is 2.18. The quantitative estimate of drug-likeness (QED) is 0.876. The normalized spacial score (nSPS) is 14.2. The van der Waals surface area contributed by atoms with E-state index in [1.54, 1.807) is 0 Å². The lowest BCUT2D eigenvalue weighted by Crippen LogP contribution is -2.08. The first-order valence-corrected chi connectivity index (χ1v) is 6.15. The van der Waals surface area contributed by atoms with Crippen LogP contribution in [0.1, 0.15) is 30.1 Å². The van der Waals surface area contributed by atoms with Crippen molar-refractivity contribution in [1.82, 2.24) is 0 Å². The van der Waals surface area contributed by atoms with Gasteiger partial charge in [0.2, 0.25) is 0 Å². The molecule has 0 aromatic heterocycles. The average molecular weight is 265 g/mol. The van der Waals surface area contributed by atoms with E-state index >= 15 is 0 Å². The molecule has 2 atom stereocenters. The molecule has 2 aromatic rings. The van der Waals surface area contributed by atoms with E-state index in [4.69, 9.17) is 11.6 Å². The van der Waals surface area contributed by atoms with Crippen molar-refractivity contribution in [3.05, 3.63) is 70.5 Å². The molecule has 0 amide bonds. The third-order valence-corrected chi connectivity index (χ3v) is 3.42. The lowest BCUT2D eigenvalue weighted by Gasteiger charge is -2.20. The van der Waals surface area contributed by atoms with Crippen LogP contribution in [0.4, 0.5) is 4.39 Å². The minimum atomic E-state index is -0.824. The van der Waals surface area contributed by atoms with Crippen LogP contribution in [0, 0.1) is 5.82 Å². The lowest BCUT2D eigenvalue weighted by molar-refractivity contribution is 0.151. The van der Waals surface area contributed by atoms with Crippen LogP contribution in [0.25, 0.3) is 0 Å². The number of hydrogen-bond acceptors (Lipinski definition) is 1. The molecule has 1 N–H and O–H groups in total. The Morgan fingerprint density at radius 2 is 1.78 bits per heavy atom. The first-order chi connectivity index (χ1) is 8.59. The molecule has 3 heteroatoms. The van der Waals surface area contributed by atoms with Crippen LogP contribution < -0.4 is 0 Å². The zero-order chi connectivity index (χ0) is 13.1. The summed E-state index contributed by atoms with van der Waals surface area (Å²) in [5, 5.41) is 10.7. The third-order valence-electron chi connectivity index (χ3n) is 3.08. The molecule has 0 saturated carbocycles. The number of aliphatic hydroxyl groups is 1. The Balaban J connectivity index is 2.31. The van der Waals surface area contributed by atoms with Crippen molar-refractivity contribution in [1.29, 1.82) is 0 Å². The standard InChI is InChI=1S/C15H14ClFO/c1-10(11-5-3-2-4-6-11)15(18)13-9-12(17)7-8-14(13)16/h2-10,15,18H,1H3. The van der Waals surface area contributed by atoms with Gasteiger partial charge >= 0.3 is 0 Å². The monoisotopic (exact) mass is 264 g/mol. The number of aliphatic hydroxyl groups excluding tert-OH is 1. The summed E-state index contributed by atoms with van der Waals surface area (Å²) < 4.78 is 13.2. The lowest BCUT2D eigenvalue weighted by atomic mass is 9.91. The number of hydrogen-bond donors (Lipinski definition) is 1. The number of benzene rings is 2. The maximum Gasteiger partial charge on any atom is 0.123 e. The van der Waals surface area contributed by atoms with Gasteiger partial charge in [0.05, 0.1) is 6.10 Å². The molecular weight excluding hydrogens is 251 g/mol. The van der Waals surface area contributed by atoms with Gasteiger partial charge in [0, 0.05) is 16.5 Å². The highest BCUT2D eigenvalue weighted by Gasteiger charge is 2.20. The Labute approximate surface area is 111 Å². The Morgan fingerprint density at radius 3 is 2.44 bits per heavy atom. The summed E-state index contributed by atoms with van der Waals surface area (Å²) in [4.78, 5) is 0. The Kier molecular flexibility index (Phi) is 4.00. The maximum atomic E-state index is 13.2. The second-order valence-electron chi connectivity index (χ2n) is 4.31. The second-order valence-corrected chi connectivity index (χ2v) is 4.72. The largest absolute Gasteiger partial charge is 0.388 e. The molecule has 1 nitrogen and oxygen atoms in total. The predicted molar refractivity (Wildman–Crippen MR) is 71.2 cm³/mol. The first kappa shape index (κ1) is 13.1. The molecule has 2 aromatic carbocycles. The van der Waals surface area contributed by atoms with Crippen molar-refractivity contribution in [2.24, 2.45) is 0 Å². The van der Waals surface area contributed by atoms with Crippen LogP contribution in [-0.4, -0.2) is 5.11 Å². The van der Waals surface area contributed by atoms with Gasteiger partial charge in [0.25, 0.3) is 0 Å². The average Bonchev–Trinajstić information content (AvgIpc) is 2.41. The second kappa shape index (κ2) is 5.51. The van der Waals surface area contributed by atoms with Crippen LogP contribution >= 0.6 is 11.6 Å². The summed E-state index contributed by atoms with van der Waals surface area (Å²) in [5.41, 5.74) is 1.42. The van der Waals surface area contributed by atoms with Crippen LogP contribution in [0.3, 0.4) is 0 Å². The molecule has 0 aliphatic carbocycles. The molecule has 0 heterocycles. The maximum absolute atomic E-state index is 13.2. The Bertz CT molecular complexity index is 527. The van der Waals surface area contributed by atoms with Crippen molar-refractivity contribution in [3.8, 4) is 0 Å². The highest BCUT2D eigenvalue weighted by molar-refractivity contribution is 6.31. The molecule has 94 valence electrons. The highest BCUT2D eigenvalue weighted by atomic mass is 35.5. The van der Waals surface area contributed by atoms with E-state index in [0.717, 1.165) is 5.56 Å². The van der Waals surface area contributed by atoms with E-state index in [2.05, 4.69) is 0 Å². The zero-order valence-electron chi connectivity index (χ0n) is 9.98. The number of halogens is 2. The molecule has 0 spiro atoms. The summed E-state index contributed by atoms with van der Waals surface area (Å²) in [6.45, 7) is 1.89. The van der Waals surface area contributed by atoms with E-state index in [0.29, 0.717) is 10.6 Å². The minimum absolute atomic E-state index is 0.148. The summed E-state index contributed by atoms with van der Waals surface area (Å²) in [7, 11) is 0. The molecule has 18 heavy (non-hydrogen) atoms. The summed E-state index contributed by atoms with van der Waals surface area (Å²) >= 11 is 6.00. The molecule has 0 aliphatic rings. The molecule has 0 aliphatic heterocycles. The summed E-state index contributed by atoms with van der Waals surface area (Å²) in [6, 6.07) is 13.6. The van der Waals surface area contributed by atoms with Gasteiger partial charge in [-0.1, -0.05) is 48.9 Å². The first-order valence-electron chi connectivity index (χ1n) is 5.77. The van der Waals surface area contributed by atoms with Gasteiger partial charge in [-0.3, -0.25) is 0 Å². The van der Waals surface area contributed by atoms with Crippen molar-refractivity contribution >= 4 is 11.6 Å². The molecule has 2 rings (SSSR count). The van der Waals surface area contributed by atoms with Gasteiger partial charge in [-0.05, 0) is 23.8 Å². The molecule has 2 unspecified atom stereocenters. The van der Waals surface area contributed by atoms with Crippen LogP contribution in [0.5, 0.6) is 0 Å². The summed E-state index contributed by atoms with van der Waals surface area (Å²) in [5.74, 6) is -0.542. The van der Waals surface area contributed by atoms with Gasteiger partial charge in [-0.25, -0.2) is 4.39 Å². The fourth-order valence-electron chi connectivity index (χ4n) is 1.95. The smallest absolute Gasteiger partial charge is 0.123 e. The Morgan fingerprint density at radius 1 is 1.11 bits per heavy atom. The predicted octanol–water partition coefficient (Wildman–Crippen LogP) is 4.32. The molecule has 0 radical (unpaired) electrons. The van der Waals surface area contributed by atoms with Crippen molar-refractivity contribution in [2.45, 2.75) is 18.9 Å². The SMILES string of the molecule is CC(c1ccccc1)C(O)c1cc(F)ccc1Cl. The highest BCUT2D eigenvalue weighted by Crippen LogP contribution is 2.34. The topological polar surface area (TPSA) is 20.2 Å². The minimum Gasteiger partial charge on any atom is -0.388 e. The van der Waals surface area contributed by atoms with Gasteiger partial charge < -0.3 is 5.11 Å².